The molecule has 0 saturated carbocycles. The van der Waals surface area contributed by atoms with Crippen LogP contribution in [0.3, 0.4) is 0 Å². The SMILES string of the molecule is CC(C)[C@H](NC(=O)N(C)Cc1ccccn1)C(=O)N[C@@H](Cc1ccccc1)C(O)[C@H](Cc1ccccc1)NC(=O)[C@@H](NC(=O)N(C)Cc1ccccn1)C(C)C. The van der Waals surface area contributed by atoms with Gasteiger partial charge in [-0.2, -0.15) is 0 Å². The van der Waals surface area contributed by atoms with Crippen LogP contribution in [0.4, 0.5) is 9.59 Å². The fourth-order valence-electron chi connectivity index (χ4n) is 6.25. The molecule has 0 bridgehead atoms. The summed E-state index contributed by atoms with van der Waals surface area (Å²) < 4.78 is 0. The van der Waals surface area contributed by atoms with Crippen LogP contribution in [-0.2, 0) is 35.5 Å². The van der Waals surface area contributed by atoms with Crippen molar-refractivity contribution in [3.8, 4) is 0 Å². The van der Waals surface area contributed by atoms with Gasteiger partial charge in [-0.1, -0.05) is 100 Å². The zero-order valence-corrected chi connectivity index (χ0v) is 33.1. The van der Waals surface area contributed by atoms with Crippen molar-refractivity contribution < 1.29 is 24.3 Å². The zero-order valence-electron chi connectivity index (χ0n) is 33.1. The minimum absolute atomic E-state index is 0.232. The van der Waals surface area contributed by atoms with Gasteiger partial charge in [0.25, 0.3) is 0 Å². The third-order valence-corrected chi connectivity index (χ3v) is 9.48. The highest BCUT2D eigenvalue weighted by atomic mass is 16.3. The molecular formula is C43H56N8O5. The van der Waals surface area contributed by atoms with E-state index in [9.17, 15) is 24.3 Å². The minimum atomic E-state index is -1.30. The second-order valence-electron chi connectivity index (χ2n) is 14.8. The van der Waals surface area contributed by atoms with Crippen LogP contribution < -0.4 is 21.3 Å². The maximum atomic E-state index is 14.1. The Morgan fingerprint density at radius 2 is 0.911 bits per heavy atom. The maximum absolute atomic E-state index is 14.1. The lowest BCUT2D eigenvalue weighted by Gasteiger charge is -2.34. The lowest BCUT2D eigenvalue weighted by atomic mass is 9.91. The Kier molecular flexibility index (Phi) is 16.3. The maximum Gasteiger partial charge on any atom is 0.318 e. The summed E-state index contributed by atoms with van der Waals surface area (Å²) in [5.74, 6) is -1.56. The first-order valence-corrected chi connectivity index (χ1v) is 19.0. The van der Waals surface area contributed by atoms with Crippen LogP contribution in [0, 0.1) is 11.8 Å². The van der Waals surface area contributed by atoms with E-state index in [1.807, 2.05) is 113 Å². The number of aromatic nitrogens is 2. The van der Waals surface area contributed by atoms with Gasteiger partial charge in [0, 0.05) is 26.5 Å². The fourth-order valence-corrected chi connectivity index (χ4v) is 6.25. The molecule has 0 unspecified atom stereocenters. The molecule has 13 heteroatoms. The molecule has 298 valence electrons. The summed E-state index contributed by atoms with van der Waals surface area (Å²) in [6.07, 6.45) is 2.47. The quantitative estimate of drug-likeness (QED) is 0.101. The molecule has 0 aliphatic rings. The number of pyridine rings is 2. The highest BCUT2D eigenvalue weighted by Gasteiger charge is 2.36. The van der Waals surface area contributed by atoms with Gasteiger partial charge in [0.15, 0.2) is 0 Å². The number of hydrogen-bond donors (Lipinski definition) is 5. The number of carbonyl (C=O) groups excluding carboxylic acids is 4. The largest absolute Gasteiger partial charge is 0.389 e. The van der Waals surface area contributed by atoms with Gasteiger partial charge in [0.1, 0.15) is 12.1 Å². The molecule has 2 aromatic carbocycles. The third-order valence-electron chi connectivity index (χ3n) is 9.48. The predicted molar refractivity (Wildman–Crippen MR) is 216 cm³/mol. The summed E-state index contributed by atoms with van der Waals surface area (Å²) >= 11 is 0. The summed E-state index contributed by atoms with van der Waals surface area (Å²) in [4.78, 5) is 66.3. The van der Waals surface area contributed by atoms with Gasteiger partial charge in [-0.05, 0) is 60.1 Å². The van der Waals surface area contributed by atoms with Crippen LogP contribution in [0.2, 0.25) is 0 Å². The topological polar surface area (TPSA) is 169 Å². The molecule has 13 nitrogen and oxygen atoms in total. The molecule has 4 aromatic rings. The van der Waals surface area contributed by atoms with Crippen molar-refractivity contribution in [3.63, 3.8) is 0 Å². The molecule has 0 aliphatic heterocycles. The van der Waals surface area contributed by atoms with E-state index in [1.165, 1.54) is 9.80 Å². The minimum Gasteiger partial charge on any atom is -0.389 e. The Hall–Kier alpha value is -5.82. The van der Waals surface area contributed by atoms with E-state index in [0.29, 0.717) is 11.4 Å². The number of carbonyl (C=O) groups is 4. The molecule has 0 aliphatic carbocycles. The van der Waals surface area contributed by atoms with Gasteiger partial charge in [0.05, 0.1) is 42.7 Å². The number of aliphatic hydroxyl groups is 1. The predicted octanol–water partition coefficient (Wildman–Crippen LogP) is 4.32. The van der Waals surface area contributed by atoms with Crippen molar-refractivity contribution in [2.45, 2.75) is 83.9 Å². The molecular weight excluding hydrogens is 709 g/mol. The van der Waals surface area contributed by atoms with Crippen molar-refractivity contribution in [1.82, 2.24) is 41.0 Å². The first-order valence-electron chi connectivity index (χ1n) is 19.0. The smallest absolute Gasteiger partial charge is 0.318 e. The monoisotopic (exact) mass is 764 g/mol. The second kappa shape index (κ2) is 21.3. The van der Waals surface area contributed by atoms with Gasteiger partial charge < -0.3 is 36.2 Å². The number of nitrogens with one attached hydrogen (secondary N) is 4. The van der Waals surface area contributed by atoms with Crippen LogP contribution in [0.15, 0.2) is 109 Å². The van der Waals surface area contributed by atoms with Gasteiger partial charge >= 0.3 is 12.1 Å². The molecule has 4 atom stereocenters. The Balaban J connectivity index is 1.57. The number of aliphatic hydroxyl groups excluding tert-OH is 1. The van der Waals surface area contributed by atoms with Crippen molar-refractivity contribution in [2.24, 2.45) is 11.8 Å². The van der Waals surface area contributed by atoms with E-state index in [2.05, 4.69) is 31.2 Å². The van der Waals surface area contributed by atoms with E-state index in [0.717, 1.165) is 11.1 Å². The van der Waals surface area contributed by atoms with E-state index >= 15 is 0 Å². The summed E-state index contributed by atoms with van der Waals surface area (Å²) in [6, 6.07) is 25.2. The summed E-state index contributed by atoms with van der Waals surface area (Å²) in [5, 5.41) is 24.1. The number of hydrogen-bond acceptors (Lipinski definition) is 7. The lowest BCUT2D eigenvalue weighted by molar-refractivity contribution is -0.126. The molecule has 0 saturated heterocycles. The third kappa shape index (κ3) is 13.2. The molecule has 0 radical (unpaired) electrons. The molecule has 2 aromatic heterocycles. The standard InChI is InChI=1S/C43H56N8O5/c1-29(2)37(48-42(55)50(5)27-33-21-13-15-23-44-33)40(53)46-35(25-31-17-9-7-10-18-31)39(52)36(26-32-19-11-8-12-20-32)47-41(54)38(30(3)4)49-43(56)51(6)28-34-22-14-16-24-45-34/h7-24,29-30,35-39,52H,25-28H2,1-6H3,(H,46,53)(H,47,54)(H,48,55)(H,49,56)/t35-,36-,37-,38-/m0/s1. The Morgan fingerprint density at radius 3 is 1.23 bits per heavy atom. The van der Waals surface area contributed by atoms with Crippen molar-refractivity contribution in [3.05, 3.63) is 132 Å². The van der Waals surface area contributed by atoms with Crippen LogP contribution in [0.5, 0.6) is 0 Å². The molecule has 6 amide bonds. The van der Waals surface area contributed by atoms with Gasteiger partial charge in [-0.3, -0.25) is 19.6 Å². The van der Waals surface area contributed by atoms with E-state index in [1.54, 1.807) is 38.6 Å². The number of urea groups is 2. The average molecular weight is 765 g/mol. The van der Waals surface area contributed by atoms with Gasteiger partial charge in [0.2, 0.25) is 11.8 Å². The van der Waals surface area contributed by atoms with Crippen LogP contribution in [0.1, 0.15) is 50.2 Å². The van der Waals surface area contributed by atoms with E-state index in [4.69, 9.17) is 0 Å². The molecule has 56 heavy (non-hydrogen) atoms. The van der Waals surface area contributed by atoms with Crippen molar-refractivity contribution in [1.29, 1.82) is 0 Å². The molecule has 0 fully saturated rings. The van der Waals surface area contributed by atoms with Crippen LogP contribution in [0.25, 0.3) is 0 Å². The second-order valence-corrected chi connectivity index (χ2v) is 14.8. The lowest BCUT2D eigenvalue weighted by Crippen LogP contribution is -2.62. The number of nitrogens with zero attached hydrogens (tertiary/aromatic N) is 4. The highest BCUT2D eigenvalue weighted by molar-refractivity contribution is 5.88. The molecule has 0 spiro atoms. The molecule has 5 N–H and O–H groups in total. The van der Waals surface area contributed by atoms with Gasteiger partial charge in [-0.25, -0.2) is 9.59 Å². The van der Waals surface area contributed by atoms with Gasteiger partial charge in [-0.15, -0.1) is 0 Å². The first-order chi connectivity index (χ1) is 26.8. The average Bonchev–Trinajstić information content (AvgIpc) is 3.19. The van der Waals surface area contributed by atoms with Crippen molar-refractivity contribution in [2.75, 3.05) is 14.1 Å². The van der Waals surface area contributed by atoms with E-state index < -0.39 is 54.1 Å². The summed E-state index contributed by atoms with van der Waals surface area (Å²) in [5.41, 5.74) is 3.10. The summed E-state index contributed by atoms with van der Waals surface area (Å²) in [6.45, 7) is 7.81. The Labute approximate surface area is 330 Å². The number of benzene rings is 2. The van der Waals surface area contributed by atoms with E-state index in [-0.39, 0.29) is 37.8 Å². The number of amides is 6. The summed E-state index contributed by atoms with van der Waals surface area (Å²) in [7, 11) is 3.26. The van der Waals surface area contributed by atoms with Crippen LogP contribution >= 0.6 is 0 Å². The zero-order chi connectivity index (χ0) is 40.6. The molecule has 2 heterocycles. The molecule has 4 rings (SSSR count). The van der Waals surface area contributed by atoms with Crippen molar-refractivity contribution >= 4 is 23.9 Å². The fraction of sp³-hybridized carbons (Fsp3) is 0.395. The Bertz CT molecular complexity index is 1680. The normalized spacial score (nSPS) is 13.3. The highest BCUT2D eigenvalue weighted by Crippen LogP contribution is 2.16. The Morgan fingerprint density at radius 1 is 0.554 bits per heavy atom. The van der Waals surface area contributed by atoms with Crippen LogP contribution in [-0.4, -0.2) is 93.1 Å². The number of rotatable bonds is 18. The first kappa shape index (κ1) is 42.9.